The smallest absolute Gasteiger partial charge is 0.291 e. The van der Waals surface area contributed by atoms with Gasteiger partial charge in [-0.15, -0.1) is 0 Å². The lowest BCUT2D eigenvalue weighted by atomic mass is 9.97. The minimum Gasteiger partial charge on any atom is -0.398 e. The molecule has 0 saturated heterocycles. The molecule has 2 rings (SSSR count). The number of nitro groups is 5. The molecular formula is C12H6N6O10. The Hall–Kier alpha value is -4.76. The van der Waals surface area contributed by atoms with E-state index in [2.05, 4.69) is 0 Å². The van der Waals surface area contributed by atoms with Gasteiger partial charge in [0, 0.05) is 6.07 Å². The van der Waals surface area contributed by atoms with Crippen LogP contribution in [0.15, 0.2) is 24.3 Å². The average molecular weight is 394 g/mol. The molecule has 0 fully saturated rings. The van der Waals surface area contributed by atoms with E-state index in [0.29, 0.717) is 24.3 Å². The number of rotatable bonds is 6. The Kier molecular flexibility index (Phi) is 4.79. The summed E-state index contributed by atoms with van der Waals surface area (Å²) >= 11 is 0. The Morgan fingerprint density at radius 1 is 0.536 bits per heavy atom. The van der Waals surface area contributed by atoms with Gasteiger partial charge in [-0.3, -0.25) is 50.6 Å². The maximum absolute atomic E-state index is 11.4. The Bertz CT molecular complexity index is 1050. The highest BCUT2D eigenvalue weighted by molar-refractivity contribution is 5.96. The van der Waals surface area contributed by atoms with E-state index < -0.39 is 69.9 Å². The highest BCUT2D eigenvalue weighted by atomic mass is 16.6. The fourth-order valence-corrected chi connectivity index (χ4v) is 2.40. The summed E-state index contributed by atoms with van der Waals surface area (Å²) in [7, 11) is 0. The van der Waals surface area contributed by atoms with E-state index in [1.54, 1.807) is 0 Å². The Morgan fingerprint density at radius 2 is 0.857 bits per heavy atom. The van der Waals surface area contributed by atoms with Crippen molar-refractivity contribution in [3.63, 3.8) is 0 Å². The molecule has 0 spiro atoms. The molecule has 0 bridgehead atoms. The van der Waals surface area contributed by atoms with Gasteiger partial charge in [-0.05, 0) is 0 Å². The van der Waals surface area contributed by atoms with E-state index >= 15 is 0 Å². The normalized spacial score (nSPS) is 10.3. The highest BCUT2D eigenvalue weighted by Gasteiger charge is 2.37. The van der Waals surface area contributed by atoms with Gasteiger partial charge in [0.25, 0.3) is 28.4 Å². The second kappa shape index (κ2) is 6.86. The van der Waals surface area contributed by atoms with Crippen molar-refractivity contribution in [1.82, 2.24) is 0 Å². The van der Waals surface area contributed by atoms with Crippen LogP contribution >= 0.6 is 0 Å². The molecule has 0 amide bonds. The van der Waals surface area contributed by atoms with Gasteiger partial charge in [-0.25, -0.2) is 0 Å². The number of hydrogen-bond acceptors (Lipinski definition) is 11. The molecule has 16 nitrogen and oxygen atoms in total. The molecule has 2 aromatic rings. The quantitative estimate of drug-likeness (QED) is 0.423. The monoisotopic (exact) mass is 394 g/mol. The van der Waals surface area contributed by atoms with Crippen LogP contribution in [0.5, 0.6) is 0 Å². The van der Waals surface area contributed by atoms with E-state index in [4.69, 9.17) is 5.73 Å². The van der Waals surface area contributed by atoms with Crippen molar-refractivity contribution in [2.75, 3.05) is 5.73 Å². The van der Waals surface area contributed by atoms with Gasteiger partial charge in [0.2, 0.25) is 0 Å². The predicted octanol–water partition coefficient (Wildman–Crippen LogP) is 2.48. The van der Waals surface area contributed by atoms with Crippen molar-refractivity contribution in [3.05, 3.63) is 74.8 Å². The number of benzene rings is 2. The van der Waals surface area contributed by atoms with Gasteiger partial charge in [0.05, 0.1) is 54.1 Å². The third-order valence-corrected chi connectivity index (χ3v) is 3.48. The number of nitrogens with two attached hydrogens (primary N) is 1. The number of nitro benzene ring substituents is 5. The van der Waals surface area contributed by atoms with Gasteiger partial charge in [-0.1, -0.05) is 0 Å². The molecule has 0 atom stereocenters. The molecule has 0 radical (unpaired) electrons. The van der Waals surface area contributed by atoms with E-state index in [1.165, 1.54) is 0 Å². The van der Waals surface area contributed by atoms with Crippen LogP contribution in [0.1, 0.15) is 0 Å². The lowest BCUT2D eigenvalue weighted by Gasteiger charge is -2.08. The predicted molar refractivity (Wildman–Crippen MR) is 89.6 cm³/mol. The minimum absolute atomic E-state index is 0.368. The summed E-state index contributed by atoms with van der Waals surface area (Å²) in [6.07, 6.45) is 0. The molecule has 0 aliphatic heterocycles. The first-order valence-corrected chi connectivity index (χ1v) is 6.79. The second-order valence-electron chi connectivity index (χ2n) is 5.07. The third kappa shape index (κ3) is 3.31. The molecular weight excluding hydrogens is 388 g/mol. The molecule has 28 heavy (non-hydrogen) atoms. The Labute approximate surface area is 151 Å². The first-order chi connectivity index (χ1) is 13.0. The summed E-state index contributed by atoms with van der Waals surface area (Å²) < 4.78 is 0. The van der Waals surface area contributed by atoms with Crippen LogP contribution in [0.3, 0.4) is 0 Å². The van der Waals surface area contributed by atoms with E-state index in [0.717, 1.165) is 0 Å². The SMILES string of the molecule is Nc1cc([N+](=O)[O-])cc([N+](=O)[O-])c1-c1c([N+](=O)[O-])cc([N+](=O)[O-])cc1[N+](=O)[O-]. The summed E-state index contributed by atoms with van der Waals surface area (Å²) in [5.41, 5.74) is -2.36. The van der Waals surface area contributed by atoms with Crippen LogP contribution in [-0.4, -0.2) is 24.6 Å². The summed E-state index contributed by atoms with van der Waals surface area (Å²) in [5.74, 6) is 0. The zero-order valence-electron chi connectivity index (χ0n) is 13.2. The largest absolute Gasteiger partial charge is 0.398 e. The standard InChI is InChI=1S/C12H6N6O10/c13-7-1-5(14(19)20)2-8(16(23)24)11(7)12-9(17(25)26)3-6(15(21)22)4-10(12)18(27)28/h1-4H,13H2. The molecule has 0 aliphatic carbocycles. The van der Waals surface area contributed by atoms with Crippen molar-refractivity contribution in [1.29, 1.82) is 0 Å². The van der Waals surface area contributed by atoms with Crippen molar-refractivity contribution >= 4 is 34.1 Å². The van der Waals surface area contributed by atoms with Crippen LogP contribution in [0.25, 0.3) is 11.1 Å². The van der Waals surface area contributed by atoms with Gasteiger partial charge < -0.3 is 5.73 Å². The molecule has 0 aliphatic rings. The fraction of sp³-hybridized carbons (Fsp3) is 0. The van der Waals surface area contributed by atoms with Gasteiger partial charge in [0.15, 0.2) is 0 Å². The summed E-state index contributed by atoms with van der Waals surface area (Å²) in [4.78, 5) is 50.1. The molecule has 16 heteroatoms. The van der Waals surface area contributed by atoms with Gasteiger partial charge >= 0.3 is 0 Å². The maximum Gasteiger partial charge on any atom is 0.291 e. The van der Waals surface area contributed by atoms with Crippen molar-refractivity contribution in [2.45, 2.75) is 0 Å². The Balaban J connectivity index is 3.09. The number of nitrogen functional groups attached to an aromatic ring is 1. The van der Waals surface area contributed by atoms with Gasteiger partial charge in [-0.2, -0.15) is 0 Å². The van der Waals surface area contributed by atoms with E-state index in [-0.39, 0.29) is 0 Å². The zero-order valence-corrected chi connectivity index (χ0v) is 13.2. The first-order valence-electron chi connectivity index (χ1n) is 6.79. The molecule has 2 aromatic carbocycles. The van der Waals surface area contributed by atoms with Crippen LogP contribution in [0.4, 0.5) is 34.1 Å². The molecule has 0 unspecified atom stereocenters. The van der Waals surface area contributed by atoms with Crippen LogP contribution in [-0.2, 0) is 0 Å². The molecule has 144 valence electrons. The zero-order chi connectivity index (χ0) is 21.3. The number of hydrogen-bond donors (Lipinski definition) is 1. The molecule has 0 saturated carbocycles. The lowest BCUT2D eigenvalue weighted by molar-refractivity contribution is -0.402. The van der Waals surface area contributed by atoms with E-state index in [1.807, 2.05) is 0 Å². The third-order valence-electron chi connectivity index (χ3n) is 3.48. The molecule has 0 aromatic heterocycles. The van der Waals surface area contributed by atoms with E-state index in [9.17, 15) is 50.6 Å². The second-order valence-corrected chi connectivity index (χ2v) is 5.07. The van der Waals surface area contributed by atoms with Crippen molar-refractivity contribution in [3.8, 4) is 11.1 Å². The summed E-state index contributed by atoms with van der Waals surface area (Å²) in [5, 5.41) is 55.8. The molecule has 2 N–H and O–H groups in total. The van der Waals surface area contributed by atoms with Crippen LogP contribution < -0.4 is 5.73 Å². The van der Waals surface area contributed by atoms with Gasteiger partial charge in [0.1, 0.15) is 5.56 Å². The fourth-order valence-electron chi connectivity index (χ4n) is 2.40. The lowest BCUT2D eigenvalue weighted by Crippen LogP contribution is -2.05. The summed E-state index contributed by atoms with van der Waals surface area (Å²) in [6, 6.07) is 1.78. The number of nitrogens with zero attached hydrogens (tertiary/aromatic N) is 5. The average Bonchev–Trinajstić information content (AvgIpc) is 2.59. The number of non-ortho nitro benzene ring substituents is 2. The maximum atomic E-state index is 11.4. The minimum atomic E-state index is -1.22. The molecule has 0 heterocycles. The topological polar surface area (TPSA) is 242 Å². The first kappa shape index (κ1) is 19.6. The Morgan fingerprint density at radius 3 is 1.18 bits per heavy atom. The van der Waals surface area contributed by atoms with Crippen molar-refractivity contribution < 1.29 is 24.6 Å². The van der Waals surface area contributed by atoms with Crippen molar-refractivity contribution in [2.24, 2.45) is 0 Å². The number of anilines is 1. The van der Waals surface area contributed by atoms with Crippen LogP contribution in [0.2, 0.25) is 0 Å². The highest BCUT2D eigenvalue weighted by Crippen LogP contribution is 2.48. The van der Waals surface area contributed by atoms with Crippen LogP contribution in [0, 0.1) is 50.6 Å². The summed E-state index contributed by atoms with van der Waals surface area (Å²) in [6.45, 7) is 0.